The van der Waals surface area contributed by atoms with Gasteiger partial charge >= 0.3 is 0 Å². The first kappa shape index (κ1) is 11.9. The Morgan fingerprint density at radius 2 is 2.00 bits per heavy atom. The SMILES string of the molecule is CCc1ccc(NC(=S)NCCN)cc1. The van der Waals surface area contributed by atoms with Gasteiger partial charge in [0.25, 0.3) is 0 Å². The molecule has 0 fully saturated rings. The highest BCUT2D eigenvalue weighted by Crippen LogP contribution is 2.09. The molecule has 0 radical (unpaired) electrons. The van der Waals surface area contributed by atoms with Crippen LogP contribution in [0.2, 0.25) is 0 Å². The largest absolute Gasteiger partial charge is 0.361 e. The van der Waals surface area contributed by atoms with Gasteiger partial charge in [0.2, 0.25) is 0 Å². The minimum atomic E-state index is 0.580. The third kappa shape index (κ3) is 4.27. The molecule has 4 heteroatoms. The Bertz CT molecular complexity index is 308. The molecule has 3 nitrogen and oxygen atoms in total. The number of hydrogen-bond donors (Lipinski definition) is 3. The second-order valence-electron chi connectivity index (χ2n) is 3.22. The highest BCUT2D eigenvalue weighted by Gasteiger charge is 1.96. The zero-order chi connectivity index (χ0) is 11.1. The molecule has 0 aliphatic rings. The maximum atomic E-state index is 5.36. The molecule has 0 amide bonds. The van der Waals surface area contributed by atoms with E-state index < -0.39 is 0 Å². The first-order valence-electron chi connectivity index (χ1n) is 5.10. The summed E-state index contributed by atoms with van der Waals surface area (Å²) in [5.74, 6) is 0. The zero-order valence-corrected chi connectivity index (χ0v) is 9.73. The molecule has 0 saturated heterocycles. The van der Waals surface area contributed by atoms with E-state index in [0.29, 0.717) is 18.2 Å². The molecule has 1 rings (SSSR count). The molecule has 0 aromatic heterocycles. The number of thiocarbonyl (C=S) groups is 1. The zero-order valence-electron chi connectivity index (χ0n) is 8.92. The lowest BCUT2D eigenvalue weighted by Gasteiger charge is -2.09. The molecule has 15 heavy (non-hydrogen) atoms. The molecule has 0 aliphatic carbocycles. The lowest BCUT2D eigenvalue weighted by molar-refractivity contribution is 0.883. The lowest BCUT2D eigenvalue weighted by atomic mass is 10.1. The first-order chi connectivity index (χ1) is 7.26. The predicted molar refractivity (Wildman–Crippen MR) is 69.1 cm³/mol. The summed E-state index contributed by atoms with van der Waals surface area (Å²) in [7, 11) is 0. The minimum absolute atomic E-state index is 0.580. The molecule has 4 N–H and O–H groups in total. The monoisotopic (exact) mass is 223 g/mol. The van der Waals surface area contributed by atoms with Crippen LogP contribution >= 0.6 is 12.2 Å². The molecule has 82 valence electrons. The van der Waals surface area contributed by atoms with Crippen molar-refractivity contribution in [2.24, 2.45) is 5.73 Å². The van der Waals surface area contributed by atoms with Crippen molar-refractivity contribution in [3.63, 3.8) is 0 Å². The molecule has 0 saturated carbocycles. The molecule has 0 heterocycles. The molecular weight excluding hydrogens is 206 g/mol. The topological polar surface area (TPSA) is 50.1 Å². The van der Waals surface area contributed by atoms with Crippen LogP contribution in [0, 0.1) is 0 Å². The van der Waals surface area contributed by atoms with Gasteiger partial charge in [-0.1, -0.05) is 19.1 Å². The fourth-order valence-electron chi connectivity index (χ4n) is 1.18. The summed E-state index contributed by atoms with van der Waals surface area (Å²) in [6, 6.07) is 8.23. The van der Waals surface area contributed by atoms with Gasteiger partial charge in [0.15, 0.2) is 5.11 Å². The Labute approximate surface area is 96.1 Å². The van der Waals surface area contributed by atoms with Crippen molar-refractivity contribution in [3.8, 4) is 0 Å². The number of anilines is 1. The number of nitrogens with one attached hydrogen (secondary N) is 2. The molecule has 0 atom stereocenters. The van der Waals surface area contributed by atoms with Crippen LogP contribution in [0.25, 0.3) is 0 Å². The summed E-state index contributed by atoms with van der Waals surface area (Å²) in [5.41, 5.74) is 7.68. The van der Waals surface area contributed by atoms with Gasteiger partial charge in [-0.2, -0.15) is 0 Å². The third-order valence-corrected chi connectivity index (χ3v) is 2.30. The highest BCUT2D eigenvalue weighted by atomic mass is 32.1. The first-order valence-corrected chi connectivity index (χ1v) is 5.51. The summed E-state index contributed by atoms with van der Waals surface area (Å²) in [5, 5.41) is 6.71. The summed E-state index contributed by atoms with van der Waals surface area (Å²) in [4.78, 5) is 0. The van der Waals surface area contributed by atoms with Crippen molar-refractivity contribution in [2.75, 3.05) is 18.4 Å². The van der Waals surface area contributed by atoms with E-state index in [-0.39, 0.29) is 0 Å². The number of aryl methyl sites for hydroxylation is 1. The molecule has 0 unspecified atom stereocenters. The fourth-order valence-corrected chi connectivity index (χ4v) is 1.40. The number of rotatable bonds is 4. The highest BCUT2D eigenvalue weighted by molar-refractivity contribution is 7.80. The van der Waals surface area contributed by atoms with E-state index >= 15 is 0 Å². The quantitative estimate of drug-likeness (QED) is 0.677. The fraction of sp³-hybridized carbons (Fsp3) is 0.364. The van der Waals surface area contributed by atoms with E-state index in [9.17, 15) is 0 Å². The van der Waals surface area contributed by atoms with Crippen molar-refractivity contribution >= 4 is 23.0 Å². The van der Waals surface area contributed by atoms with Crippen molar-refractivity contribution in [3.05, 3.63) is 29.8 Å². The van der Waals surface area contributed by atoms with Crippen LogP contribution in [0.15, 0.2) is 24.3 Å². The van der Waals surface area contributed by atoms with Gasteiger partial charge in [-0.3, -0.25) is 0 Å². The van der Waals surface area contributed by atoms with Crippen LogP contribution in [-0.2, 0) is 6.42 Å². The summed E-state index contributed by atoms with van der Waals surface area (Å²) < 4.78 is 0. The van der Waals surface area contributed by atoms with Crippen LogP contribution in [0.4, 0.5) is 5.69 Å². The van der Waals surface area contributed by atoms with E-state index in [2.05, 4.69) is 29.7 Å². The molecular formula is C11H17N3S. The van der Waals surface area contributed by atoms with Gasteiger partial charge < -0.3 is 16.4 Å². The number of benzene rings is 1. The van der Waals surface area contributed by atoms with E-state index in [4.69, 9.17) is 18.0 Å². The van der Waals surface area contributed by atoms with Gasteiger partial charge in [0.05, 0.1) is 0 Å². The van der Waals surface area contributed by atoms with E-state index in [1.54, 1.807) is 0 Å². The Kier molecular flexibility index (Phi) is 5.07. The van der Waals surface area contributed by atoms with Crippen LogP contribution in [0.3, 0.4) is 0 Å². The van der Waals surface area contributed by atoms with Crippen LogP contribution in [-0.4, -0.2) is 18.2 Å². The maximum Gasteiger partial charge on any atom is 0.170 e. The summed E-state index contributed by atoms with van der Waals surface area (Å²) in [6.07, 6.45) is 1.05. The molecule has 0 spiro atoms. The van der Waals surface area contributed by atoms with Crippen LogP contribution in [0.1, 0.15) is 12.5 Å². The average molecular weight is 223 g/mol. The molecule has 1 aromatic carbocycles. The smallest absolute Gasteiger partial charge is 0.170 e. The number of hydrogen-bond acceptors (Lipinski definition) is 2. The van der Waals surface area contributed by atoms with E-state index in [0.717, 1.165) is 12.1 Å². The Hall–Kier alpha value is -1.13. The Balaban J connectivity index is 2.46. The predicted octanol–water partition coefficient (Wildman–Crippen LogP) is 1.49. The van der Waals surface area contributed by atoms with Crippen molar-refractivity contribution < 1.29 is 0 Å². The van der Waals surface area contributed by atoms with Gasteiger partial charge in [0.1, 0.15) is 0 Å². The summed E-state index contributed by atoms with van der Waals surface area (Å²) >= 11 is 5.08. The Morgan fingerprint density at radius 1 is 1.33 bits per heavy atom. The normalized spacial score (nSPS) is 9.73. The standard InChI is InChI=1S/C11H17N3S/c1-2-9-3-5-10(6-4-9)14-11(15)13-8-7-12/h3-6H,2,7-8,12H2,1H3,(H2,13,14,15). The van der Waals surface area contributed by atoms with Crippen molar-refractivity contribution in [1.29, 1.82) is 0 Å². The van der Waals surface area contributed by atoms with Crippen LogP contribution in [0.5, 0.6) is 0 Å². The van der Waals surface area contributed by atoms with Gasteiger partial charge in [-0.25, -0.2) is 0 Å². The van der Waals surface area contributed by atoms with E-state index in [1.165, 1.54) is 5.56 Å². The average Bonchev–Trinajstić information content (AvgIpc) is 2.27. The second kappa shape index (κ2) is 6.37. The molecule has 0 aliphatic heterocycles. The summed E-state index contributed by atoms with van der Waals surface area (Å²) in [6.45, 7) is 3.41. The number of nitrogens with two attached hydrogens (primary N) is 1. The van der Waals surface area contributed by atoms with Crippen LogP contribution < -0.4 is 16.4 Å². The van der Waals surface area contributed by atoms with Gasteiger partial charge in [-0.05, 0) is 36.3 Å². The van der Waals surface area contributed by atoms with Crippen molar-refractivity contribution in [1.82, 2.24) is 5.32 Å². The third-order valence-electron chi connectivity index (χ3n) is 2.05. The lowest BCUT2D eigenvalue weighted by Crippen LogP contribution is -2.32. The van der Waals surface area contributed by atoms with Gasteiger partial charge in [0, 0.05) is 18.8 Å². The maximum absolute atomic E-state index is 5.36. The van der Waals surface area contributed by atoms with Gasteiger partial charge in [-0.15, -0.1) is 0 Å². The molecule has 0 bridgehead atoms. The Morgan fingerprint density at radius 3 is 2.53 bits per heavy atom. The van der Waals surface area contributed by atoms with Crippen molar-refractivity contribution in [2.45, 2.75) is 13.3 Å². The minimum Gasteiger partial charge on any atom is -0.361 e. The van der Waals surface area contributed by atoms with E-state index in [1.807, 2.05) is 12.1 Å². The molecule has 1 aromatic rings. The second-order valence-corrected chi connectivity index (χ2v) is 3.63.